The maximum absolute atomic E-state index is 12.9. The molecule has 0 fully saturated rings. The van der Waals surface area contributed by atoms with E-state index in [4.69, 9.17) is 11.6 Å². The van der Waals surface area contributed by atoms with Gasteiger partial charge in [0.25, 0.3) is 0 Å². The smallest absolute Gasteiger partial charge is 0.395 e. The highest BCUT2D eigenvalue weighted by atomic mass is 35.5. The molecular formula is C14H9ClF2N2O3. The molecule has 2 aromatic rings. The van der Waals surface area contributed by atoms with Crippen LogP contribution in [0.25, 0.3) is 0 Å². The number of alkyl halides is 2. The number of rotatable bonds is 2. The number of carbonyl (C=O) groups is 1. The van der Waals surface area contributed by atoms with E-state index in [-0.39, 0.29) is 17.2 Å². The van der Waals surface area contributed by atoms with Crippen molar-refractivity contribution < 1.29 is 23.0 Å². The Morgan fingerprint density at radius 1 is 1.00 bits per heavy atom. The summed E-state index contributed by atoms with van der Waals surface area (Å²) in [5.74, 6) is -0.239. The summed E-state index contributed by atoms with van der Waals surface area (Å²) in [7, 11) is 0. The summed E-state index contributed by atoms with van der Waals surface area (Å²) in [4.78, 5) is 11.8. The molecule has 2 N–H and O–H groups in total. The first kappa shape index (κ1) is 14.4. The van der Waals surface area contributed by atoms with Crippen molar-refractivity contribution in [2.45, 2.75) is 6.29 Å². The van der Waals surface area contributed by atoms with Gasteiger partial charge in [-0.05, 0) is 30.3 Å². The van der Waals surface area contributed by atoms with Gasteiger partial charge in [-0.25, -0.2) is 4.79 Å². The quantitative estimate of drug-likeness (QED) is 0.864. The number of anilines is 2. The highest BCUT2D eigenvalue weighted by molar-refractivity contribution is 6.30. The molecule has 0 radical (unpaired) electrons. The molecular weight excluding hydrogens is 318 g/mol. The maximum Gasteiger partial charge on any atom is 0.586 e. The topological polar surface area (TPSA) is 59.6 Å². The summed E-state index contributed by atoms with van der Waals surface area (Å²) in [6.07, 6.45) is -3.69. The highest BCUT2D eigenvalue weighted by Crippen LogP contribution is 2.42. The fourth-order valence-electron chi connectivity index (χ4n) is 1.89. The lowest BCUT2D eigenvalue weighted by molar-refractivity contribution is -0.286. The molecule has 0 aliphatic carbocycles. The second-order valence-corrected chi connectivity index (χ2v) is 4.85. The van der Waals surface area contributed by atoms with E-state index in [0.717, 1.165) is 0 Å². The first-order chi connectivity index (χ1) is 10.4. The van der Waals surface area contributed by atoms with Crippen LogP contribution in [0.15, 0.2) is 42.5 Å². The van der Waals surface area contributed by atoms with Crippen LogP contribution in [0.1, 0.15) is 0 Å². The third kappa shape index (κ3) is 3.20. The second kappa shape index (κ2) is 5.34. The minimum Gasteiger partial charge on any atom is -0.395 e. The van der Waals surface area contributed by atoms with E-state index in [9.17, 15) is 13.6 Å². The maximum atomic E-state index is 12.9. The zero-order chi connectivity index (χ0) is 15.7. The molecule has 0 bridgehead atoms. The molecule has 0 saturated heterocycles. The molecule has 0 unspecified atom stereocenters. The van der Waals surface area contributed by atoms with Crippen LogP contribution < -0.4 is 20.1 Å². The molecule has 0 saturated carbocycles. The Labute approximate surface area is 128 Å². The Bertz CT molecular complexity index is 740. The average molecular weight is 327 g/mol. The van der Waals surface area contributed by atoms with Crippen LogP contribution in [0.2, 0.25) is 5.02 Å². The van der Waals surface area contributed by atoms with Gasteiger partial charge in [0.2, 0.25) is 0 Å². The SMILES string of the molecule is O=C(Nc1cccc(Cl)c1)Nc1ccc2c(c1)OC(F)(F)O2. The number of urea groups is 1. The fourth-order valence-corrected chi connectivity index (χ4v) is 2.08. The van der Waals surface area contributed by atoms with Gasteiger partial charge in [0, 0.05) is 22.5 Å². The van der Waals surface area contributed by atoms with Crippen LogP contribution in [-0.2, 0) is 0 Å². The summed E-state index contributed by atoms with van der Waals surface area (Å²) in [5.41, 5.74) is 0.775. The molecule has 5 nitrogen and oxygen atoms in total. The van der Waals surface area contributed by atoms with E-state index in [1.54, 1.807) is 24.3 Å². The standard InChI is InChI=1S/C14H9ClF2N2O3/c15-8-2-1-3-9(6-8)18-13(20)19-10-4-5-11-12(7-10)22-14(16,17)21-11/h1-7H,(H2,18,19,20). The van der Waals surface area contributed by atoms with Gasteiger partial charge < -0.3 is 20.1 Å². The number of hydrogen-bond acceptors (Lipinski definition) is 3. The van der Waals surface area contributed by atoms with Crippen LogP contribution in [0.3, 0.4) is 0 Å². The van der Waals surface area contributed by atoms with Crippen LogP contribution in [0, 0.1) is 0 Å². The van der Waals surface area contributed by atoms with Crippen LogP contribution in [0.5, 0.6) is 11.5 Å². The average Bonchev–Trinajstić information content (AvgIpc) is 2.71. The molecule has 8 heteroatoms. The van der Waals surface area contributed by atoms with Gasteiger partial charge in [0.05, 0.1) is 0 Å². The van der Waals surface area contributed by atoms with Gasteiger partial charge in [-0.1, -0.05) is 17.7 Å². The third-order valence-electron chi connectivity index (χ3n) is 2.74. The molecule has 0 aromatic heterocycles. The van der Waals surface area contributed by atoms with Gasteiger partial charge in [0.15, 0.2) is 11.5 Å². The fraction of sp³-hybridized carbons (Fsp3) is 0.0714. The first-order valence-electron chi connectivity index (χ1n) is 6.15. The van der Waals surface area contributed by atoms with Crippen LogP contribution >= 0.6 is 11.6 Å². The molecule has 1 aliphatic heterocycles. The van der Waals surface area contributed by atoms with Crippen molar-refractivity contribution >= 4 is 29.0 Å². The van der Waals surface area contributed by atoms with Crippen molar-refractivity contribution in [1.29, 1.82) is 0 Å². The molecule has 1 aliphatic rings. The summed E-state index contributed by atoms with van der Waals surface area (Å²) in [5, 5.41) is 5.53. The second-order valence-electron chi connectivity index (χ2n) is 4.42. The predicted molar refractivity (Wildman–Crippen MR) is 76.7 cm³/mol. The van der Waals surface area contributed by atoms with Crippen molar-refractivity contribution in [1.82, 2.24) is 0 Å². The molecule has 22 heavy (non-hydrogen) atoms. The van der Waals surface area contributed by atoms with Crippen molar-refractivity contribution in [3.05, 3.63) is 47.5 Å². The number of benzene rings is 2. The van der Waals surface area contributed by atoms with E-state index < -0.39 is 12.3 Å². The van der Waals surface area contributed by atoms with E-state index in [1.165, 1.54) is 18.2 Å². The van der Waals surface area contributed by atoms with Crippen molar-refractivity contribution in [3.8, 4) is 11.5 Å². The van der Waals surface area contributed by atoms with Gasteiger partial charge in [-0.2, -0.15) is 0 Å². The monoisotopic (exact) mass is 326 g/mol. The normalized spacial score (nSPS) is 14.5. The lowest BCUT2D eigenvalue weighted by Crippen LogP contribution is -2.25. The van der Waals surface area contributed by atoms with E-state index in [2.05, 4.69) is 20.1 Å². The molecule has 2 aromatic carbocycles. The number of carbonyl (C=O) groups excluding carboxylic acids is 1. The van der Waals surface area contributed by atoms with Gasteiger partial charge in [-0.15, -0.1) is 8.78 Å². The van der Waals surface area contributed by atoms with Crippen molar-refractivity contribution in [3.63, 3.8) is 0 Å². The number of ether oxygens (including phenoxy) is 2. The summed E-state index contributed by atoms with van der Waals surface area (Å²) in [6.45, 7) is 0. The molecule has 3 rings (SSSR count). The van der Waals surface area contributed by atoms with Crippen LogP contribution in [0.4, 0.5) is 25.0 Å². The molecule has 1 heterocycles. The number of amides is 2. The molecule has 0 spiro atoms. The number of hydrogen-bond donors (Lipinski definition) is 2. The van der Waals surface area contributed by atoms with E-state index in [1.807, 2.05) is 0 Å². The van der Waals surface area contributed by atoms with Crippen LogP contribution in [-0.4, -0.2) is 12.3 Å². The number of nitrogens with one attached hydrogen (secondary N) is 2. The lowest BCUT2D eigenvalue weighted by Gasteiger charge is -2.08. The molecule has 0 atom stereocenters. The Morgan fingerprint density at radius 2 is 1.68 bits per heavy atom. The number of fused-ring (bicyclic) bond motifs is 1. The highest BCUT2D eigenvalue weighted by Gasteiger charge is 2.43. The zero-order valence-electron chi connectivity index (χ0n) is 10.9. The Morgan fingerprint density at radius 3 is 2.41 bits per heavy atom. The summed E-state index contributed by atoms with van der Waals surface area (Å²) >= 11 is 5.81. The summed E-state index contributed by atoms with van der Waals surface area (Å²) in [6, 6.07) is 9.98. The van der Waals surface area contributed by atoms with Crippen molar-refractivity contribution in [2.75, 3.05) is 10.6 Å². The zero-order valence-corrected chi connectivity index (χ0v) is 11.7. The predicted octanol–water partition coefficient (Wildman–Crippen LogP) is 4.31. The Kier molecular flexibility index (Phi) is 3.50. The number of halogens is 3. The largest absolute Gasteiger partial charge is 0.586 e. The minimum atomic E-state index is -3.69. The van der Waals surface area contributed by atoms with E-state index in [0.29, 0.717) is 10.7 Å². The van der Waals surface area contributed by atoms with E-state index >= 15 is 0 Å². The third-order valence-corrected chi connectivity index (χ3v) is 2.98. The Hall–Kier alpha value is -2.54. The lowest BCUT2D eigenvalue weighted by atomic mass is 10.3. The van der Waals surface area contributed by atoms with Gasteiger partial charge in [-0.3, -0.25) is 0 Å². The minimum absolute atomic E-state index is 0.0919. The van der Waals surface area contributed by atoms with Crippen molar-refractivity contribution in [2.24, 2.45) is 0 Å². The molecule has 114 valence electrons. The summed E-state index contributed by atoms with van der Waals surface area (Å²) < 4.78 is 34.4. The molecule has 2 amide bonds. The van der Waals surface area contributed by atoms with Gasteiger partial charge in [0.1, 0.15) is 0 Å². The van der Waals surface area contributed by atoms with Gasteiger partial charge >= 0.3 is 12.3 Å². The first-order valence-corrected chi connectivity index (χ1v) is 6.52. The Balaban J connectivity index is 1.68.